The number of carbonyl (C=O) groups is 1. The number of carboxylic acid groups (broad SMARTS) is 1. The van der Waals surface area contributed by atoms with Crippen LogP contribution in [0.3, 0.4) is 0 Å². The summed E-state index contributed by atoms with van der Waals surface area (Å²) in [6.45, 7) is 0. The van der Waals surface area contributed by atoms with Crippen LogP contribution in [-0.2, 0) is 0 Å². The Labute approximate surface area is 101 Å². The Hall–Kier alpha value is -1.75. The predicted molar refractivity (Wildman–Crippen MR) is 52.5 cm³/mol. The molecule has 0 aliphatic rings. The van der Waals surface area contributed by atoms with Gasteiger partial charge in [0.2, 0.25) is 0 Å². The summed E-state index contributed by atoms with van der Waals surface area (Å²) < 4.78 is 39.3. The highest BCUT2D eigenvalue weighted by Gasteiger charge is 2.32. The van der Waals surface area contributed by atoms with Gasteiger partial charge in [-0.15, -0.1) is 13.2 Å². The van der Waals surface area contributed by atoms with Crippen molar-refractivity contribution in [1.82, 2.24) is 0 Å². The van der Waals surface area contributed by atoms with Gasteiger partial charge in [-0.3, -0.25) is 0 Å². The summed E-state index contributed by atoms with van der Waals surface area (Å²) in [6, 6.07) is 3.04. The summed E-state index contributed by atoms with van der Waals surface area (Å²) in [6.07, 6.45) is -4.95. The number of benzene rings is 1. The first-order valence-electron chi connectivity index (χ1n) is 3.97. The lowest BCUT2D eigenvalue weighted by molar-refractivity contribution is -0.274. The average Bonchev–Trinajstić information content (AvgIpc) is 2.17. The molecule has 0 saturated carbocycles. The molecule has 0 bridgehead atoms. The fraction of sp³-hybridized carbons (Fsp3) is 0.111. The molecular formula is C9H3BrF3NO3. The molecule has 8 heteroatoms. The lowest BCUT2D eigenvalue weighted by atomic mass is 10.1. The van der Waals surface area contributed by atoms with Crippen molar-refractivity contribution < 1.29 is 27.8 Å². The molecule has 90 valence electrons. The van der Waals surface area contributed by atoms with Crippen LogP contribution in [0.4, 0.5) is 13.2 Å². The number of nitrogens with zero attached hydrogens (tertiary/aromatic N) is 1. The van der Waals surface area contributed by atoms with Gasteiger partial charge < -0.3 is 9.84 Å². The van der Waals surface area contributed by atoms with Crippen LogP contribution in [0.1, 0.15) is 15.9 Å². The standard InChI is InChI=1S/C9H3BrF3NO3/c10-7-4(3-14)1-5(17-9(11,12)13)2-6(7)8(15)16/h1-2H,(H,15,16). The second-order valence-electron chi connectivity index (χ2n) is 2.80. The van der Waals surface area contributed by atoms with Gasteiger partial charge in [-0.05, 0) is 28.1 Å². The van der Waals surface area contributed by atoms with E-state index < -0.39 is 23.6 Å². The molecule has 0 heterocycles. The van der Waals surface area contributed by atoms with Crippen LogP contribution in [0.2, 0.25) is 0 Å². The first-order chi connectivity index (χ1) is 7.74. The van der Waals surface area contributed by atoms with Crippen LogP contribution in [0.25, 0.3) is 0 Å². The zero-order chi connectivity index (χ0) is 13.2. The summed E-state index contributed by atoms with van der Waals surface area (Å²) in [7, 11) is 0. The molecule has 0 amide bonds. The van der Waals surface area contributed by atoms with Crippen molar-refractivity contribution in [2.45, 2.75) is 6.36 Å². The van der Waals surface area contributed by atoms with Gasteiger partial charge in [0, 0.05) is 0 Å². The van der Waals surface area contributed by atoms with E-state index in [0.29, 0.717) is 6.07 Å². The van der Waals surface area contributed by atoms with Crippen molar-refractivity contribution in [3.05, 3.63) is 27.7 Å². The molecule has 0 fully saturated rings. The Bertz CT molecular complexity index is 507. The molecule has 1 N–H and O–H groups in total. The smallest absolute Gasteiger partial charge is 0.478 e. The number of hydrogen-bond acceptors (Lipinski definition) is 3. The molecule has 0 aromatic heterocycles. The molecule has 1 aromatic rings. The minimum atomic E-state index is -4.95. The summed E-state index contributed by atoms with van der Waals surface area (Å²) in [5, 5.41) is 17.4. The lowest BCUT2D eigenvalue weighted by Gasteiger charge is -2.10. The van der Waals surface area contributed by atoms with Gasteiger partial charge in [0.15, 0.2) is 0 Å². The molecule has 1 aromatic carbocycles. The third-order valence-corrected chi connectivity index (χ3v) is 2.48. The molecule has 0 radical (unpaired) electrons. The summed E-state index contributed by atoms with van der Waals surface area (Å²) in [5.74, 6) is -2.23. The van der Waals surface area contributed by atoms with E-state index in [0.717, 1.165) is 6.07 Å². The molecule has 17 heavy (non-hydrogen) atoms. The van der Waals surface area contributed by atoms with Crippen molar-refractivity contribution in [1.29, 1.82) is 5.26 Å². The Kier molecular flexibility index (Phi) is 3.63. The van der Waals surface area contributed by atoms with Gasteiger partial charge in [0.1, 0.15) is 11.8 Å². The third-order valence-electron chi connectivity index (χ3n) is 1.63. The Balaban J connectivity index is 3.32. The summed E-state index contributed by atoms with van der Waals surface area (Å²) in [5.41, 5.74) is -0.743. The zero-order valence-electron chi connectivity index (χ0n) is 7.88. The Morgan fingerprint density at radius 2 is 2.06 bits per heavy atom. The largest absolute Gasteiger partial charge is 0.573 e. The van der Waals surface area contributed by atoms with E-state index in [1.165, 1.54) is 0 Å². The van der Waals surface area contributed by atoms with Gasteiger partial charge in [0.25, 0.3) is 0 Å². The normalized spacial score (nSPS) is 10.8. The fourth-order valence-corrected chi connectivity index (χ4v) is 1.51. The molecule has 0 atom stereocenters. The predicted octanol–water partition coefficient (Wildman–Crippen LogP) is 2.92. The molecular weight excluding hydrogens is 307 g/mol. The number of carboxylic acids is 1. The van der Waals surface area contributed by atoms with E-state index in [1.54, 1.807) is 6.07 Å². The van der Waals surface area contributed by atoms with Gasteiger partial charge in [-0.2, -0.15) is 5.26 Å². The number of nitriles is 1. The van der Waals surface area contributed by atoms with E-state index in [4.69, 9.17) is 10.4 Å². The van der Waals surface area contributed by atoms with Crippen LogP contribution in [-0.4, -0.2) is 17.4 Å². The number of aromatic carboxylic acids is 1. The van der Waals surface area contributed by atoms with E-state index in [2.05, 4.69) is 20.7 Å². The van der Waals surface area contributed by atoms with Crippen LogP contribution in [0.15, 0.2) is 16.6 Å². The van der Waals surface area contributed by atoms with Crippen LogP contribution in [0, 0.1) is 11.3 Å². The maximum Gasteiger partial charge on any atom is 0.573 e. The topological polar surface area (TPSA) is 70.3 Å². The van der Waals surface area contributed by atoms with Crippen LogP contribution < -0.4 is 4.74 Å². The number of alkyl halides is 3. The van der Waals surface area contributed by atoms with E-state index in [1.807, 2.05) is 0 Å². The molecule has 0 saturated heterocycles. The highest BCUT2D eigenvalue weighted by Crippen LogP contribution is 2.30. The first kappa shape index (κ1) is 13.3. The second kappa shape index (κ2) is 4.63. The highest BCUT2D eigenvalue weighted by atomic mass is 79.9. The SMILES string of the molecule is N#Cc1cc(OC(F)(F)F)cc(C(=O)O)c1Br. The number of halogens is 4. The summed E-state index contributed by atoms with van der Waals surface area (Å²) in [4.78, 5) is 10.7. The monoisotopic (exact) mass is 309 g/mol. The molecule has 0 aliphatic heterocycles. The maximum atomic E-state index is 11.9. The fourth-order valence-electron chi connectivity index (χ4n) is 1.03. The van der Waals surface area contributed by atoms with E-state index >= 15 is 0 Å². The summed E-state index contributed by atoms with van der Waals surface area (Å²) >= 11 is 2.82. The van der Waals surface area contributed by atoms with Gasteiger partial charge >= 0.3 is 12.3 Å². The Morgan fingerprint density at radius 3 is 2.47 bits per heavy atom. The third kappa shape index (κ3) is 3.35. The average molecular weight is 310 g/mol. The van der Waals surface area contributed by atoms with Crippen molar-refractivity contribution in [3.8, 4) is 11.8 Å². The molecule has 4 nitrogen and oxygen atoms in total. The van der Waals surface area contributed by atoms with Crippen molar-refractivity contribution in [3.63, 3.8) is 0 Å². The van der Waals surface area contributed by atoms with Gasteiger partial charge in [-0.1, -0.05) is 0 Å². The van der Waals surface area contributed by atoms with Gasteiger partial charge in [0.05, 0.1) is 15.6 Å². The minimum Gasteiger partial charge on any atom is -0.478 e. The second-order valence-corrected chi connectivity index (χ2v) is 3.59. The first-order valence-corrected chi connectivity index (χ1v) is 4.76. The molecule has 0 aliphatic carbocycles. The van der Waals surface area contributed by atoms with E-state index in [9.17, 15) is 18.0 Å². The van der Waals surface area contributed by atoms with Gasteiger partial charge in [-0.25, -0.2) is 4.79 Å². The van der Waals surface area contributed by atoms with E-state index in [-0.39, 0.29) is 10.0 Å². The Morgan fingerprint density at radius 1 is 1.47 bits per heavy atom. The highest BCUT2D eigenvalue weighted by molar-refractivity contribution is 9.10. The van der Waals surface area contributed by atoms with Crippen molar-refractivity contribution >= 4 is 21.9 Å². The molecule has 0 unspecified atom stereocenters. The maximum absolute atomic E-state index is 11.9. The molecule has 1 rings (SSSR count). The van der Waals surface area contributed by atoms with Crippen LogP contribution >= 0.6 is 15.9 Å². The quantitative estimate of drug-likeness (QED) is 0.912. The van der Waals surface area contributed by atoms with Crippen molar-refractivity contribution in [2.24, 2.45) is 0 Å². The lowest BCUT2D eigenvalue weighted by Crippen LogP contribution is -2.17. The number of ether oxygens (including phenoxy) is 1. The van der Waals surface area contributed by atoms with Crippen LogP contribution in [0.5, 0.6) is 5.75 Å². The number of rotatable bonds is 2. The minimum absolute atomic E-state index is 0.0953. The zero-order valence-corrected chi connectivity index (χ0v) is 9.46. The number of hydrogen-bond donors (Lipinski definition) is 1. The molecule has 0 spiro atoms. The van der Waals surface area contributed by atoms with Crippen molar-refractivity contribution in [2.75, 3.05) is 0 Å².